The Labute approximate surface area is 149 Å². The van der Waals surface area contributed by atoms with Crippen molar-refractivity contribution in [3.8, 4) is 0 Å². The molecule has 1 amide bonds. The second-order valence-electron chi connectivity index (χ2n) is 6.34. The van der Waals surface area contributed by atoms with Crippen LogP contribution in [0, 0.1) is 0 Å². The molecule has 130 valence electrons. The van der Waals surface area contributed by atoms with Crippen LogP contribution in [-0.4, -0.2) is 39.2 Å². The molecule has 25 heavy (non-hydrogen) atoms. The lowest BCUT2D eigenvalue weighted by Crippen LogP contribution is -2.35. The van der Waals surface area contributed by atoms with Crippen LogP contribution in [0.4, 0.5) is 5.82 Å². The predicted molar refractivity (Wildman–Crippen MR) is 98.1 cm³/mol. The Kier molecular flexibility index (Phi) is 4.12. The molecule has 7 nitrogen and oxygen atoms in total. The zero-order valence-corrected chi connectivity index (χ0v) is 14.8. The first-order valence-electron chi connectivity index (χ1n) is 8.49. The number of aryl methyl sites for hydroxylation is 1. The average molecular weight is 356 g/mol. The fraction of sp³-hybridized carbons (Fsp3) is 0.412. The molecule has 0 saturated carbocycles. The van der Waals surface area contributed by atoms with E-state index < -0.39 is 5.91 Å². The minimum absolute atomic E-state index is 0.281. The Balaban J connectivity index is 1.62. The molecule has 0 bridgehead atoms. The van der Waals surface area contributed by atoms with Crippen LogP contribution in [0.15, 0.2) is 18.5 Å². The van der Waals surface area contributed by atoms with Gasteiger partial charge in [-0.1, -0.05) is 6.92 Å². The Morgan fingerprint density at radius 2 is 2.32 bits per heavy atom. The highest BCUT2D eigenvalue weighted by Gasteiger charge is 2.26. The second kappa shape index (κ2) is 6.44. The standard InChI is InChI=1S/C17H20N6OS/c1-2-11-6-12-16(19-9-20-17(12)25-11)23-5-3-4-10(8-23)13-7-14(15(18)24)22-21-13/h6-7,9-10H,2-5,8H2,1H3,(H2,18,24)(H,21,22)/t10-/m0/s1. The van der Waals surface area contributed by atoms with Crippen molar-refractivity contribution in [1.29, 1.82) is 0 Å². The first-order chi connectivity index (χ1) is 12.2. The number of hydrogen-bond acceptors (Lipinski definition) is 6. The van der Waals surface area contributed by atoms with Crippen molar-refractivity contribution in [2.75, 3.05) is 18.0 Å². The van der Waals surface area contributed by atoms with E-state index in [2.05, 4.69) is 38.1 Å². The van der Waals surface area contributed by atoms with Crippen LogP contribution in [0.5, 0.6) is 0 Å². The van der Waals surface area contributed by atoms with E-state index in [1.807, 2.05) is 0 Å². The number of carbonyl (C=O) groups excluding carboxylic acids is 1. The van der Waals surface area contributed by atoms with Crippen LogP contribution >= 0.6 is 11.3 Å². The predicted octanol–water partition coefficient (Wildman–Crippen LogP) is 2.46. The lowest BCUT2D eigenvalue weighted by atomic mass is 9.94. The molecule has 8 heteroatoms. The van der Waals surface area contributed by atoms with Gasteiger partial charge in [0, 0.05) is 29.6 Å². The summed E-state index contributed by atoms with van der Waals surface area (Å²) in [5.74, 6) is 0.780. The summed E-state index contributed by atoms with van der Waals surface area (Å²) >= 11 is 1.73. The number of amides is 1. The van der Waals surface area contributed by atoms with E-state index >= 15 is 0 Å². The van der Waals surface area contributed by atoms with E-state index in [0.29, 0.717) is 5.69 Å². The number of fused-ring (bicyclic) bond motifs is 1. The van der Waals surface area contributed by atoms with Crippen LogP contribution in [0.25, 0.3) is 10.2 Å². The number of aromatic nitrogens is 4. The van der Waals surface area contributed by atoms with Gasteiger partial charge in [-0.15, -0.1) is 11.3 Å². The number of aromatic amines is 1. The third-order valence-electron chi connectivity index (χ3n) is 4.72. The lowest BCUT2D eigenvalue weighted by Gasteiger charge is -2.33. The number of primary amides is 1. The van der Waals surface area contributed by atoms with Gasteiger partial charge in [-0.3, -0.25) is 9.89 Å². The zero-order chi connectivity index (χ0) is 17.4. The molecule has 0 unspecified atom stereocenters. The Morgan fingerprint density at radius 1 is 1.44 bits per heavy atom. The van der Waals surface area contributed by atoms with Crippen molar-refractivity contribution >= 4 is 33.3 Å². The van der Waals surface area contributed by atoms with Crippen LogP contribution in [0.3, 0.4) is 0 Å². The first kappa shape index (κ1) is 16.0. The number of nitrogens with zero attached hydrogens (tertiary/aromatic N) is 4. The fourth-order valence-electron chi connectivity index (χ4n) is 3.41. The highest BCUT2D eigenvalue weighted by Crippen LogP contribution is 2.34. The SMILES string of the molecule is CCc1cc2c(N3CCC[C@H](c4cc(C(N)=O)n[nH]4)C3)ncnc2s1. The third kappa shape index (κ3) is 2.97. The van der Waals surface area contributed by atoms with Gasteiger partial charge in [0.25, 0.3) is 5.91 Å². The summed E-state index contributed by atoms with van der Waals surface area (Å²) in [5.41, 5.74) is 6.56. The number of H-pyrrole nitrogens is 1. The summed E-state index contributed by atoms with van der Waals surface area (Å²) in [4.78, 5) is 24.9. The van der Waals surface area contributed by atoms with Gasteiger partial charge in [-0.25, -0.2) is 9.97 Å². The van der Waals surface area contributed by atoms with E-state index in [1.54, 1.807) is 23.7 Å². The molecule has 3 aromatic heterocycles. The van der Waals surface area contributed by atoms with E-state index in [0.717, 1.165) is 54.1 Å². The van der Waals surface area contributed by atoms with Crippen LogP contribution in [-0.2, 0) is 6.42 Å². The molecule has 0 spiro atoms. The van der Waals surface area contributed by atoms with Gasteiger partial charge in [-0.05, 0) is 31.4 Å². The van der Waals surface area contributed by atoms with Crippen LogP contribution in [0.1, 0.15) is 46.7 Å². The molecule has 4 rings (SSSR count). The van der Waals surface area contributed by atoms with Crippen molar-refractivity contribution in [3.05, 3.63) is 34.7 Å². The summed E-state index contributed by atoms with van der Waals surface area (Å²) in [5, 5.41) is 8.11. The fourth-order valence-corrected chi connectivity index (χ4v) is 4.34. The van der Waals surface area contributed by atoms with Crippen LogP contribution < -0.4 is 10.6 Å². The molecule has 4 heterocycles. The van der Waals surface area contributed by atoms with Crippen molar-refractivity contribution in [2.24, 2.45) is 5.73 Å². The van der Waals surface area contributed by atoms with Crippen molar-refractivity contribution in [1.82, 2.24) is 20.2 Å². The number of thiophene rings is 1. The molecule has 3 N–H and O–H groups in total. The maximum atomic E-state index is 11.3. The zero-order valence-electron chi connectivity index (χ0n) is 14.0. The molecule has 3 aromatic rings. The van der Waals surface area contributed by atoms with Crippen molar-refractivity contribution in [3.63, 3.8) is 0 Å². The average Bonchev–Trinajstić information content (AvgIpc) is 3.28. The van der Waals surface area contributed by atoms with Crippen molar-refractivity contribution < 1.29 is 4.79 Å². The minimum atomic E-state index is -0.502. The highest BCUT2D eigenvalue weighted by atomic mass is 32.1. The number of anilines is 1. The normalized spacial score (nSPS) is 18.0. The van der Waals surface area contributed by atoms with Gasteiger partial charge in [0.15, 0.2) is 0 Å². The number of rotatable bonds is 4. The summed E-state index contributed by atoms with van der Waals surface area (Å²) in [6, 6.07) is 3.98. The Bertz CT molecular complexity index is 917. The number of nitrogens with one attached hydrogen (secondary N) is 1. The molecular formula is C17H20N6OS. The van der Waals surface area contributed by atoms with Gasteiger partial charge in [0.05, 0.1) is 5.39 Å². The highest BCUT2D eigenvalue weighted by molar-refractivity contribution is 7.18. The van der Waals surface area contributed by atoms with Gasteiger partial charge in [0.1, 0.15) is 22.7 Å². The summed E-state index contributed by atoms with van der Waals surface area (Å²) in [7, 11) is 0. The molecule has 0 aromatic carbocycles. The van der Waals surface area contributed by atoms with Gasteiger partial charge in [-0.2, -0.15) is 5.10 Å². The molecule has 1 aliphatic heterocycles. The number of nitrogens with two attached hydrogens (primary N) is 1. The van der Waals surface area contributed by atoms with E-state index in [9.17, 15) is 4.79 Å². The molecule has 0 radical (unpaired) electrons. The molecular weight excluding hydrogens is 336 g/mol. The molecule has 1 aliphatic rings. The van der Waals surface area contributed by atoms with Gasteiger partial charge in [0.2, 0.25) is 0 Å². The van der Waals surface area contributed by atoms with Crippen LogP contribution in [0.2, 0.25) is 0 Å². The summed E-state index contributed by atoms with van der Waals surface area (Å²) < 4.78 is 0. The quantitative estimate of drug-likeness (QED) is 0.748. The van der Waals surface area contributed by atoms with E-state index in [-0.39, 0.29) is 5.92 Å². The molecule has 1 saturated heterocycles. The monoisotopic (exact) mass is 356 g/mol. The largest absolute Gasteiger partial charge is 0.364 e. The third-order valence-corrected chi connectivity index (χ3v) is 5.91. The minimum Gasteiger partial charge on any atom is -0.364 e. The number of piperidine rings is 1. The Hall–Kier alpha value is -2.48. The number of carbonyl (C=O) groups is 1. The van der Waals surface area contributed by atoms with E-state index in [1.165, 1.54) is 4.88 Å². The maximum absolute atomic E-state index is 11.3. The van der Waals surface area contributed by atoms with E-state index in [4.69, 9.17) is 5.73 Å². The molecule has 1 fully saturated rings. The summed E-state index contributed by atoms with van der Waals surface area (Å²) in [6.07, 6.45) is 4.77. The Morgan fingerprint density at radius 3 is 3.08 bits per heavy atom. The maximum Gasteiger partial charge on any atom is 0.269 e. The molecule has 1 atom stereocenters. The lowest BCUT2D eigenvalue weighted by molar-refractivity contribution is 0.0995. The first-order valence-corrected chi connectivity index (χ1v) is 9.30. The number of hydrogen-bond donors (Lipinski definition) is 2. The summed E-state index contributed by atoms with van der Waals surface area (Å²) in [6.45, 7) is 3.96. The molecule has 0 aliphatic carbocycles. The van der Waals surface area contributed by atoms with Crippen molar-refractivity contribution in [2.45, 2.75) is 32.1 Å². The van der Waals surface area contributed by atoms with Gasteiger partial charge < -0.3 is 10.6 Å². The second-order valence-corrected chi connectivity index (χ2v) is 7.46. The smallest absolute Gasteiger partial charge is 0.269 e. The van der Waals surface area contributed by atoms with Gasteiger partial charge >= 0.3 is 0 Å². The topological polar surface area (TPSA) is 101 Å².